The van der Waals surface area contributed by atoms with E-state index in [0.29, 0.717) is 5.13 Å². The summed E-state index contributed by atoms with van der Waals surface area (Å²) in [7, 11) is 0. The monoisotopic (exact) mass is 139 g/mol. The smallest absolute Gasteiger partial charge is 0.196 e. The highest BCUT2D eigenvalue weighted by molar-refractivity contribution is 7.13. The first kappa shape index (κ1) is 6.05. The lowest BCUT2D eigenvalue weighted by Crippen LogP contribution is -1.84. The summed E-state index contributed by atoms with van der Waals surface area (Å²) in [5, 5.41) is 13.1. The molecule has 1 rings (SSSR count). The summed E-state index contributed by atoms with van der Waals surface area (Å²) in [4.78, 5) is 3.99. The standard InChI is InChI=1S/C5H5N3S/c1-4-2-9-5(8-4)7-3-6/h2H,1H3,(H,7,8). The number of nitrogens with one attached hydrogen (secondary N) is 1. The molecule has 0 bridgehead atoms. The fourth-order valence-electron chi connectivity index (χ4n) is 0.459. The lowest BCUT2D eigenvalue weighted by molar-refractivity contribution is 1.26. The van der Waals surface area contributed by atoms with Crippen molar-refractivity contribution in [3.8, 4) is 6.19 Å². The summed E-state index contributed by atoms with van der Waals surface area (Å²) < 4.78 is 0. The minimum atomic E-state index is 0.662. The number of rotatable bonds is 1. The summed E-state index contributed by atoms with van der Waals surface area (Å²) >= 11 is 1.43. The highest BCUT2D eigenvalue weighted by Crippen LogP contribution is 2.12. The van der Waals surface area contributed by atoms with Gasteiger partial charge < -0.3 is 0 Å². The number of aryl methyl sites for hydroxylation is 1. The van der Waals surface area contributed by atoms with Crippen LogP contribution in [0.25, 0.3) is 0 Å². The Labute approximate surface area is 57.0 Å². The second-order valence-electron chi connectivity index (χ2n) is 1.53. The molecular formula is C5H5N3S. The normalized spacial score (nSPS) is 8.44. The molecule has 0 fully saturated rings. The highest BCUT2D eigenvalue weighted by Gasteiger charge is 1.93. The first-order valence-corrected chi connectivity index (χ1v) is 3.28. The molecule has 1 aromatic rings. The molecule has 1 N–H and O–H groups in total. The lowest BCUT2D eigenvalue weighted by Gasteiger charge is -1.82. The number of aromatic nitrogens is 1. The van der Waals surface area contributed by atoms with E-state index in [9.17, 15) is 0 Å². The number of nitrogens with zero attached hydrogens (tertiary/aromatic N) is 2. The van der Waals surface area contributed by atoms with E-state index in [1.165, 1.54) is 11.3 Å². The Morgan fingerprint density at radius 1 is 1.89 bits per heavy atom. The van der Waals surface area contributed by atoms with Crippen molar-refractivity contribution in [2.24, 2.45) is 0 Å². The Morgan fingerprint density at radius 2 is 2.67 bits per heavy atom. The molecule has 0 amide bonds. The molecule has 1 aromatic heterocycles. The van der Waals surface area contributed by atoms with Crippen LogP contribution in [0.4, 0.5) is 5.13 Å². The Bertz CT molecular complexity index is 235. The molecule has 0 aromatic carbocycles. The number of nitriles is 1. The number of thiazole rings is 1. The average molecular weight is 139 g/mol. The van der Waals surface area contributed by atoms with Gasteiger partial charge in [-0.05, 0) is 6.92 Å². The maximum absolute atomic E-state index is 8.13. The van der Waals surface area contributed by atoms with Crippen molar-refractivity contribution >= 4 is 16.5 Å². The second-order valence-corrected chi connectivity index (χ2v) is 2.39. The van der Waals surface area contributed by atoms with E-state index in [0.717, 1.165) is 5.69 Å². The summed E-state index contributed by atoms with van der Waals surface area (Å²) in [6.07, 6.45) is 1.80. The number of anilines is 1. The molecule has 0 aliphatic carbocycles. The summed E-state index contributed by atoms with van der Waals surface area (Å²) in [6.45, 7) is 1.89. The van der Waals surface area contributed by atoms with E-state index < -0.39 is 0 Å². The van der Waals surface area contributed by atoms with Gasteiger partial charge in [-0.15, -0.1) is 11.3 Å². The maximum atomic E-state index is 8.13. The van der Waals surface area contributed by atoms with E-state index in [1.807, 2.05) is 12.3 Å². The third kappa shape index (κ3) is 1.40. The zero-order chi connectivity index (χ0) is 6.69. The van der Waals surface area contributed by atoms with Crippen molar-refractivity contribution in [3.63, 3.8) is 0 Å². The highest BCUT2D eigenvalue weighted by atomic mass is 32.1. The quantitative estimate of drug-likeness (QED) is 0.472. The van der Waals surface area contributed by atoms with Crippen LogP contribution < -0.4 is 5.32 Å². The average Bonchev–Trinajstić information content (AvgIpc) is 2.17. The van der Waals surface area contributed by atoms with Gasteiger partial charge in [0.1, 0.15) is 0 Å². The summed E-state index contributed by atoms with van der Waals surface area (Å²) in [5.74, 6) is 0. The van der Waals surface area contributed by atoms with Crippen molar-refractivity contribution < 1.29 is 0 Å². The van der Waals surface area contributed by atoms with Crippen molar-refractivity contribution in [1.82, 2.24) is 4.98 Å². The van der Waals surface area contributed by atoms with Crippen LogP contribution >= 0.6 is 11.3 Å². The topological polar surface area (TPSA) is 48.7 Å². The summed E-state index contributed by atoms with van der Waals surface area (Å²) in [5.41, 5.74) is 0.942. The van der Waals surface area contributed by atoms with Gasteiger partial charge in [0.25, 0.3) is 0 Å². The lowest BCUT2D eigenvalue weighted by atomic mass is 10.6. The first-order valence-electron chi connectivity index (χ1n) is 2.40. The fourth-order valence-corrected chi connectivity index (χ4v) is 1.10. The van der Waals surface area contributed by atoms with Crippen molar-refractivity contribution in [2.45, 2.75) is 6.92 Å². The molecule has 46 valence electrons. The number of hydrogen-bond donors (Lipinski definition) is 1. The van der Waals surface area contributed by atoms with E-state index in [2.05, 4.69) is 10.3 Å². The van der Waals surface area contributed by atoms with Crippen molar-refractivity contribution in [2.75, 3.05) is 5.32 Å². The molecule has 1 heterocycles. The van der Waals surface area contributed by atoms with Gasteiger partial charge in [-0.2, -0.15) is 5.26 Å². The largest absolute Gasteiger partial charge is 0.268 e. The fraction of sp³-hybridized carbons (Fsp3) is 0.200. The third-order valence-electron chi connectivity index (χ3n) is 0.782. The Balaban J connectivity index is 2.76. The van der Waals surface area contributed by atoms with Gasteiger partial charge in [0.15, 0.2) is 11.3 Å². The Morgan fingerprint density at radius 3 is 3.11 bits per heavy atom. The molecule has 0 atom stereocenters. The molecule has 0 saturated carbocycles. The predicted octanol–water partition coefficient (Wildman–Crippen LogP) is 1.34. The predicted molar refractivity (Wildman–Crippen MR) is 36.1 cm³/mol. The zero-order valence-electron chi connectivity index (χ0n) is 4.88. The SMILES string of the molecule is Cc1csc(NC#N)n1. The van der Waals surface area contributed by atoms with Gasteiger partial charge in [0, 0.05) is 5.38 Å². The molecule has 0 spiro atoms. The van der Waals surface area contributed by atoms with Gasteiger partial charge in [-0.1, -0.05) is 0 Å². The van der Waals surface area contributed by atoms with E-state index in [4.69, 9.17) is 5.26 Å². The molecule has 0 unspecified atom stereocenters. The van der Waals surface area contributed by atoms with Crippen LogP contribution in [0.15, 0.2) is 5.38 Å². The van der Waals surface area contributed by atoms with Gasteiger partial charge in [0.2, 0.25) is 0 Å². The van der Waals surface area contributed by atoms with Crippen LogP contribution in [0.2, 0.25) is 0 Å². The molecule has 9 heavy (non-hydrogen) atoms. The molecule has 0 radical (unpaired) electrons. The van der Waals surface area contributed by atoms with Gasteiger partial charge >= 0.3 is 0 Å². The minimum Gasteiger partial charge on any atom is -0.268 e. The van der Waals surface area contributed by atoms with Crippen LogP contribution in [-0.2, 0) is 0 Å². The van der Waals surface area contributed by atoms with Crippen LogP contribution in [0.5, 0.6) is 0 Å². The molecule has 4 heteroatoms. The van der Waals surface area contributed by atoms with Crippen LogP contribution in [0, 0.1) is 18.4 Å². The third-order valence-corrected chi connectivity index (χ3v) is 1.66. The molecule has 0 aliphatic heterocycles. The molecule has 0 saturated heterocycles. The number of hydrogen-bond acceptors (Lipinski definition) is 4. The van der Waals surface area contributed by atoms with E-state index >= 15 is 0 Å². The van der Waals surface area contributed by atoms with Gasteiger partial charge in [-0.25, -0.2) is 4.98 Å². The summed E-state index contributed by atoms with van der Waals surface area (Å²) in [6, 6.07) is 0. The van der Waals surface area contributed by atoms with Crippen LogP contribution in [0.3, 0.4) is 0 Å². The Hall–Kier alpha value is -1.08. The van der Waals surface area contributed by atoms with Crippen LogP contribution in [-0.4, -0.2) is 4.98 Å². The molecular weight excluding hydrogens is 134 g/mol. The first-order chi connectivity index (χ1) is 4.33. The van der Waals surface area contributed by atoms with Crippen molar-refractivity contribution in [3.05, 3.63) is 11.1 Å². The van der Waals surface area contributed by atoms with Gasteiger partial charge in [0.05, 0.1) is 5.69 Å². The Kier molecular flexibility index (Phi) is 1.66. The van der Waals surface area contributed by atoms with E-state index in [1.54, 1.807) is 6.19 Å². The molecule has 0 aliphatic rings. The second kappa shape index (κ2) is 2.46. The molecule has 3 nitrogen and oxygen atoms in total. The minimum absolute atomic E-state index is 0.662. The zero-order valence-corrected chi connectivity index (χ0v) is 5.70. The van der Waals surface area contributed by atoms with Crippen LogP contribution in [0.1, 0.15) is 5.69 Å². The van der Waals surface area contributed by atoms with E-state index in [-0.39, 0.29) is 0 Å². The maximum Gasteiger partial charge on any atom is 0.196 e. The van der Waals surface area contributed by atoms with Gasteiger partial charge in [-0.3, -0.25) is 5.32 Å². The van der Waals surface area contributed by atoms with Crippen molar-refractivity contribution in [1.29, 1.82) is 5.26 Å².